The molecule has 2 N–H and O–H groups in total. The van der Waals surface area contributed by atoms with Crippen LogP contribution in [0.1, 0.15) is 12.8 Å². The molecule has 0 radical (unpaired) electrons. The van der Waals surface area contributed by atoms with E-state index < -0.39 is 0 Å². The van der Waals surface area contributed by atoms with Crippen LogP contribution >= 0.6 is 12.4 Å². The van der Waals surface area contributed by atoms with Gasteiger partial charge in [-0.05, 0) is 19.0 Å². The summed E-state index contributed by atoms with van der Waals surface area (Å²) in [5, 5.41) is 11.1. The minimum Gasteiger partial charge on any atom is -0.362 e. The number of nitrogens with two attached hydrogens (primary N) is 1. The fourth-order valence-electron chi connectivity index (χ4n) is 2.49. The Morgan fingerprint density at radius 3 is 2.45 bits per heavy atom. The molecule has 122 valence electrons. The van der Waals surface area contributed by atoms with E-state index in [2.05, 4.69) is 0 Å². The van der Waals surface area contributed by atoms with Crippen molar-refractivity contribution < 1.29 is 9.72 Å². The van der Waals surface area contributed by atoms with E-state index in [9.17, 15) is 14.9 Å². The lowest BCUT2D eigenvalue weighted by Gasteiger charge is -2.35. The summed E-state index contributed by atoms with van der Waals surface area (Å²) in [7, 11) is 0. The quantitative estimate of drug-likeness (QED) is 0.651. The van der Waals surface area contributed by atoms with Crippen LogP contribution in [0.2, 0.25) is 0 Å². The number of carbonyl (C=O) groups excluding carboxylic acids is 1. The number of hydrogen-bond acceptors (Lipinski definition) is 5. The molecular formula is C14H21ClN4O3. The zero-order chi connectivity index (χ0) is 15.2. The maximum Gasteiger partial charge on any atom is 0.292 e. The molecule has 0 spiro atoms. The van der Waals surface area contributed by atoms with Gasteiger partial charge >= 0.3 is 0 Å². The first-order chi connectivity index (χ1) is 10.1. The van der Waals surface area contributed by atoms with Crippen LogP contribution < -0.4 is 10.6 Å². The average molecular weight is 329 g/mol. The Kier molecular flexibility index (Phi) is 7.07. The Morgan fingerprint density at radius 2 is 1.86 bits per heavy atom. The van der Waals surface area contributed by atoms with Gasteiger partial charge in [-0.15, -0.1) is 12.4 Å². The summed E-state index contributed by atoms with van der Waals surface area (Å²) in [4.78, 5) is 26.4. The highest BCUT2D eigenvalue weighted by molar-refractivity contribution is 5.85. The molecule has 1 aromatic carbocycles. The predicted octanol–water partition coefficient (Wildman–Crippen LogP) is 1.40. The molecular weight excluding hydrogens is 308 g/mol. The van der Waals surface area contributed by atoms with E-state index in [-0.39, 0.29) is 28.9 Å². The second kappa shape index (κ2) is 8.55. The smallest absolute Gasteiger partial charge is 0.292 e. The molecule has 1 amide bonds. The number of nitrogens with zero attached hydrogens (tertiary/aromatic N) is 3. The minimum atomic E-state index is -0.367. The number of benzene rings is 1. The van der Waals surface area contributed by atoms with Crippen LogP contribution in [0.15, 0.2) is 24.3 Å². The lowest BCUT2D eigenvalue weighted by molar-refractivity contribution is -0.384. The van der Waals surface area contributed by atoms with Crippen LogP contribution in [-0.4, -0.2) is 48.5 Å². The van der Waals surface area contributed by atoms with E-state index in [1.165, 1.54) is 6.07 Å². The summed E-state index contributed by atoms with van der Waals surface area (Å²) >= 11 is 0. The van der Waals surface area contributed by atoms with Crippen LogP contribution in [0.3, 0.4) is 0 Å². The molecule has 22 heavy (non-hydrogen) atoms. The van der Waals surface area contributed by atoms with Crippen LogP contribution in [-0.2, 0) is 4.79 Å². The van der Waals surface area contributed by atoms with Gasteiger partial charge in [-0.3, -0.25) is 14.9 Å². The first-order valence-corrected chi connectivity index (χ1v) is 7.09. The van der Waals surface area contributed by atoms with Gasteiger partial charge in [-0.2, -0.15) is 0 Å². The van der Waals surface area contributed by atoms with Gasteiger partial charge in [-0.25, -0.2) is 0 Å². The standard InChI is InChI=1S/C14H20N4O3.ClH/c15-7-3-6-14(19)17-10-8-16(9-11-17)12-4-1-2-5-13(12)18(20)21;/h1-2,4-5H,3,6-11,15H2;1H. The van der Waals surface area contributed by atoms with Gasteiger partial charge in [0.25, 0.3) is 5.69 Å². The summed E-state index contributed by atoms with van der Waals surface area (Å²) in [6.07, 6.45) is 1.17. The van der Waals surface area contributed by atoms with Gasteiger partial charge in [0.05, 0.1) is 4.92 Å². The molecule has 2 rings (SSSR count). The van der Waals surface area contributed by atoms with Crippen molar-refractivity contribution in [1.29, 1.82) is 0 Å². The Balaban J connectivity index is 0.00000242. The van der Waals surface area contributed by atoms with E-state index in [1.807, 2.05) is 4.90 Å². The maximum atomic E-state index is 11.9. The van der Waals surface area contributed by atoms with Gasteiger partial charge in [0.15, 0.2) is 0 Å². The molecule has 0 saturated carbocycles. The zero-order valence-electron chi connectivity index (χ0n) is 12.3. The Hall–Kier alpha value is -1.86. The average Bonchev–Trinajstić information content (AvgIpc) is 2.52. The second-order valence-electron chi connectivity index (χ2n) is 5.01. The van der Waals surface area contributed by atoms with Crippen molar-refractivity contribution in [3.8, 4) is 0 Å². The van der Waals surface area contributed by atoms with E-state index in [0.29, 0.717) is 51.3 Å². The van der Waals surface area contributed by atoms with E-state index in [1.54, 1.807) is 23.1 Å². The number of halogens is 1. The Bertz CT molecular complexity index is 519. The third-order valence-corrected chi connectivity index (χ3v) is 3.65. The number of amides is 1. The fourth-order valence-corrected chi connectivity index (χ4v) is 2.49. The van der Waals surface area contributed by atoms with Crippen molar-refractivity contribution in [2.75, 3.05) is 37.6 Å². The van der Waals surface area contributed by atoms with Crippen molar-refractivity contribution in [3.63, 3.8) is 0 Å². The summed E-state index contributed by atoms with van der Waals surface area (Å²) in [5.41, 5.74) is 6.14. The number of rotatable bonds is 5. The SMILES string of the molecule is Cl.NCCCC(=O)N1CCN(c2ccccc2[N+](=O)[O-])CC1. The molecule has 0 bridgehead atoms. The highest BCUT2D eigenvalue weighted by atomic mass is 35.5. The lowest BCUT2D eigenvalue weighted by atomic mass is 10.2. The van der Waals surface area contributed by atoms with Crippen molar-refractivity contribution in [3.05, 3.63) is 34.4 Å². The normalized spacial score (nSPS) is 14.4. The fraction of sp³-hybridized carbons (Fsp3) is 0.500. The van der Waals surface area contributed by atoms with Crippen LogP contribution in [0.4, 0.5) is 11.4 Å². The predicted molar refractivity (Wildman–Crippen MR) is 87.4 cm³/mol. The van der Waals surface area contributed by atoms with Crippen molar-refractivity contribution >= 4 is 29.7 Å². The van der Waals surface area contributed by atoms with Crippen LogP contribution in [0.5, 0.6) is 0 Å². The van der Waals surface area contributed by atoms with Crippen molar-refractivity contribution in [2.45, 2.75) is 12.8 Å². The molecule has 0 atom stereocenters. The Morgan fingerprint density at radius 1 is 1.23 bits per heavy atom. The molecule has 1 aromatic rings. The van der Waals surface area contributed by atoms with Gasteiger partial charge in [-0.1, -0.05) is 12.1 Å². The van der Waals surface area contributed by atoms with Gasteiger partial charge in [0.2, 0.25) is 5.91 Å². The first-order valence-electron chi connectivity index (χ1n) is 7.09. The molecule has 1 saturated heterocycles. The van der Waals surface area contributed by atoms with Crippen LogP contribution in [0.25, 0.3) is 0 Å². The van der Waals surface area contributed by atoms with Gasteiger partial charge < -0.3 is 15.5 Å². The van der Waals surface area contributed by atoms with Crippen LogP contribution in [0, 0.1) is 10.1 Å². The number of anilines is 1. The zero-order valence-corrected chi connectivity index (χ0v) is 13.1. The molecule has 7 nitrogen and oxygen atoms in total. The van der Waals surface area contributed by atoms with Gasteiger partial charge in [0, 0.05) is 38.7 Å². The summed E-state index contributed by atoms with van der Waals surface area (Å²) < 4.78 is 0. The summed E-state index contributed by atoms with van der Waals surface area (Å²) in [5.74, 6) is 0.114. The summed E-state index contributed by atoms with van der Waals surface area (Å²) in [6.45, 7) is 2.92. The highest BCUT2D eigenvalue weighted by Crippen LogP contribution is 2.28. The Labute approximate surface area is 135 Å². The number of carbonyl (C=O) groups is 1. The third-order valence-electron chi connectivity index (χ3n) is 3.65. The first kappa shape index (κ1) is 18.2. The molecule has 1 heterocycles. The van der Waals surface area contributed by atoms with E-state index >= 15 is 0 Å². The lowest BCUT2D eigenvalue weighted by Crippen LogP contribution is -2.49. The third kappa shape index (κ3) is 4.32. The molecule has 1 aliphatic rings. The van der Waals surface area contributed by atoms with Crippen molar-refractivity contribution in [2.24, 2.45) is 5.73 Å². The minimum absolute atomic E-state index is 0. The monoisotopic (exact) mass is 328 g/mol. The molecule has 1 fully saturated rings. The molecule has 0 aliphatic carbocycles. The molecule has 8 heteroatoms. The van der Waals surface area contributed by atoms with Crippen molar-refractivity contribution in [1.82, 2.24) is 4.90 Å². The number of nitro benzene ring substituents is 1. The number of hydrogen-bond donors (Lipinski definition) is 1. The highest BCUT2D eigenvalue weighted by Gasteiger charge is 2.24. The molecule has 0 aromatic heterocycles. The number of nitro groups is 1. The molecule has 0 unspecified atom stereocenters. The van der Waals surface area contributed by atoms with Gasteiger partial charge in [0.1, 0.15) is 5.69 Å². The number of piperazine rings is 1. The number of para-hydroxylation sites is 2. The summed E-state index contributed by atoms with van der Waals surface area (Å²) in [6, 6.07) is 6.72. The second-order valence-corrected chi connectivity index (χ2v) is 5.01. The topological polar surface area (TPSA) is 92.7 Å². The largest absolute Gasteiger partial charge is 0.362 e. The van der Waals surface area contributed by atoms with E-state index in [4.69, 9.17) is 5.73 Å². The maximum absolute atomic E-state index is 11.9. The van der Waals surface area contributed by atoms with E-state index in [0.717, 1.165) is 0 Å². The molecule has 1 aliphatic heterocycles.